The van der Waals surface area contributed by atoms with Crippen molar-refractivity contribution in [3.8, 4) is 5.75 Å². The van der Waals surface area contributed by atoms with Crippen LogP contribution in [-0.2, 0) is 21.8 Å². The Morgan fingerprint density at radius 3 is 2.55 bits per heavy atom. The Bertz CT molecular complexity index is 979. The summed E-state index contributed by atoms with van der Waals surface area (Å²) >= 11 is 24.6. The van der Waals surface area contributed by atoms with E-state index in [1.165, 1.54) is 0 Å². The summed E-state index contributed by atoms with van der Waals surface area (Å²) in [6, 6.07) is 10.3. The van der Waals surface area contributed by atoms with E-state index < -0.39 is 5.79 Å². The van der Waals surface area contributed by atoms with Crippen molar-refractivity contribution in [3.63, 3.8) is 0 Å². The summed E-state index contributed by atoms with van der Waals surface area (Å²) in [5.74, 6) is -0.537. The van der Waals surface area contributed by atoms with Gasteiger partial charge in [-0.15, -0.1) is 0 Å². The number of aromatic nitrogens is 2. The van der Waals surface area contributed by atoms with Gasteiger partial charge < -0.3 is 18.8 Å². The molecule has 0 bridgehead atoms. The molecule has 0 amide bonds. The Morgan fingerprint density at radius 1 is 1.07 bits per heavy atom. The fourth-order valence-electron chi connectivity index (χ4n) is 3.18. The third-order valence-electron chi connectivity index (χ3n) is 4.42. The highest BCUT2D eigenvalue weighted by atomic mass is 35.5. The molecule has 9 heteroatoms. The maximum absolute atomic E-state index is 6.46. The van der Waals surface area contributed by atoms with Crippen molar-refractivity contribution in [2.45, 2.75) is 18.4 Å². The monoisotopic (exact) mass is 472 g/mol. The molecule has 2 unspecified atom stereocenters. The van der Waals surface area contributed by atoms with Crippen LogP contribution < -0.4 is 4.74 Å². The summed E-state index contributed by atoms with van der Waals surface area (Å²) in [4.78, 5) is 4.09. The Kier molecular flexibility index (Phi) is 6.25. The second kappa shape index (κ2) is 8.72. The molecule has 1 fully saturated rings. The molecule has 0 spiro atoms. The second-order valence-electron chi connectivity index (χ2n) is 6.58. The summed E-state index contributed by atoms with van der Waals surface area (Å²) < 4.78 is 20.1. The van der Waals surface area contributed by atoms with Gasteiger partial charge in [0, 0.05) is 33.0 Å². The van der Waals surface area contributed by atoms with Crippen molar-refractivity contribution >= 4 is 46.4 Å². The minimum atomic E-state index is -1.09. The lowest BCUT2D eigenvalue weighted by Gasteiger charge is -2.30. The zero-order chi connectivity index (χ0) is 20.4. The zero-order valence-corrected chi connectivity index (χ0v) is 18.0. The van der Waals surface area contributed by atoms with Crippen LogP contribution in [0, 0.1) is 0 Å². The highest BCUT2D eigenvalue weighted by Gasteiger charge is 2.45. The molecule has 0 radical (unpaired) electrons. The fraction of sp³-hybridized carbons (Fsp3) is 0.250. The molecular weight excluding hydrogens is 458 g/mol. The molecule has 2 aromatic carbocycles. The van der Waals surface area contributed by atoms with E-state index in [0.29, 0.717) is 44.6 Å². The Labute approximate surface area is 188 Å². The summed E-state index contributed by atoms with van der Waals surface area (Å²) in [7, 11) is 0. The van der Waals surface area contributed by atoms with Crippen LogP contribution in [-0.4, -0.2) is 28.9 Å². The second-order valence-corrected chi connectivity index (χ2v) is 8.30. The molecule has 0 N–H and O–H groups in total. The molecule has 2 heterocycles. The maximum atomic E-state index is 6.46. The van der Waals surface area contributed by atoms with Gasteiger partial charge in [0.15, 0.2) is 0 Å². The highest BCUT2D eigenvalue weighted by Crippen LogP contribution is 2.40. The lowest BCUT2D eigenvalue weighted by Crippen LogP contribution is -2.34. The van der Waals surface area contributed by atoms with E-state index in [2.05, 4.69) is 4.98 Å². The van der Waals surface area contributed by atoms with Crippen molar-refractivity contribution in [1.29, 1.82) is 0 Å². The number of benzene rings is 2. The average molecular weight is 474 g/mol. The molecule has 1 aromatic heterocycles. The lowest BCUT2D eigenvalue weighted by atomic mass is 10.1. The van der Waals surface area contributed by atoms with E-state index in [9.17, 15) is 0 Å². The van der Waals surface area contributed by atoms with Gasteiger partial charge in [0.05, 0.1) is 24.5 Å². The molecule has 1 saturated heterocycles. The molecule has 0 aliphatic carbocycles. The first-order chi connectivity index (χ1) is 13.9. The molecule has 0 saturated carbocycles. The predicted molar refractivity (Wildman–Crippen MR) is 113 cm³/mol. The van der Waals surface area contributed by atoms with Gasteiger partial charge in [0.1, 0.15) is 18.5 Å². The normalized spacial score (nSPS) is 21.4. The number of imidazole rings is 1. The summed E-state index contributed by atoms with van der Waals surface area (Å²) in [6.45, 7) is 0.948. The zero-order valence-electron chi connectivity index (χ0n) is 15.0. The minimum absolute atomic E-state index is 0.257. The third kappa shape index (κ3) is 4.82. The molecule has 152 valence electrons. The number of hydrogen-bond donors (Lipinski definition) is 0. The van der Waals surface area contributed by atoms with Gasteiger partial charge in [-0.3, -0.25) is 0 Å². The molecule has 29 heavy (non-hydrogen) atoms. The summed E-state index contributed by atoms with van der Waals surface area (Å²) in [6.07, 6.45) is 4.88. The van der Waals surface area contributed by atoms with E-state index in [1.807, 2.05) is 16.8 Å². The van der Waals surface area contributed by atoms with Crippen LogP contribution in [0.15, 0.2) is 55.1 Å². The smallest absolute Gasteiger partial charge is 0.215 e. The summed E-state index contributed by atoms with van der Waals surface area (Å²) in [5, 5.41) is 1.99. The van der Waals surface area contributed by atoms with Gasteiger partial charge in [-0.25, -0.2) is 4.98 Å². The number of halogens is 4. The van der Waals surface area contributed by atoms with Crippen molar-refractivity contribution in [1.82, 2.24) is 9.55 Å². The van der Waals surface area contributed by atoms with E-state index in [0.717, 1.165) is 0 Å². The standard InChI is InChI=1S/C20H16Cl4N2O3/c21-13-1-2-18(19(24)8-13)20(11-26-4-3-25-12-26)28-10-17(29-20)9-27-16-6-14(22)5-15(23)7-16/h1-8,12,17H,9-11H2. The highest BCUT2D eigenvalue weighted by molar-refractivity contribution is 6.35. The number of ether oxygens (including phenoxy) is 3. The third-order valence-corrected chi connectivity index (χ3v) is 5.41. The quantitative estimate of drug-likeness (QED) is 0.450. The van der Waals surface area contributed by atoms with Crippen molar-refractivity contribution in [2.75, 3.05) is 13.2 Å². The van der Waals surface area contributed by atoms with Crippen LogP contribution in [0.3, 0.4) is 0 Å². The fourth-order valence-corrected chi connectivity index (χ4v) is 4.23. The largest absolute Gasteiger partial charge is 0.491 e. The number of rotatable bonds is 6. The Morgan fingerprint density at radius 2 is 1.86 bits per heavy atom. The molecule has 5 nitrogen and oxygen atoms in total. The van der Waals surface area contributed by atoms with Crippen LogP contribution >= 0.6 is 46.4 Å². The predicted octanol–water partition coefficient (Wildman–Crippen LogP) is 5.84. The molecule has 1 aliphatic heterocycles. The van der Waals surface area contributed by atoms with Gasteiger partial charge in [-0.05, 0) is 30.3 Å². The van der Waals surface area contributed by atoms with Crippen LogP contribution in [0.25, 0.3) is 0 Å². The van der Waals surface area contributed by atoms with Gasteiger partial charge in [0.25, 0.3) is 0 Å². The molecule has 2 atom stereocenters. The van der Waals surface area contributed by atoms with Gasteiger partial charge in [0.2, 0.25) is 5.79 Å². The summed E-state index contributed by atoms with van der Waals surface area (Å²) in [5.41, 5.74) is 0.686. The van der Waals surface area contributed by atoms with E-state index in [4.69, 9.17) is 60.6 Å². The number of hydrogen-bond acceptors (Lipinski definition) is 4. The van der Waals surface area contributed by atoms with Crippen LogP contribution in [0.4, 0.5) is 0 Å². The first-order valence-corrected chi connectivity index (χ1v) is 10.3. The van der Waals surface area contributed by atoms with Crippen LogP contribution in [0.2, 0.25) is 20.1 Å². The first-order valence-electron chi connectivity index (χ1n) is 8.75. The molecular formula is C20H16Cl4N2O3. The maximum Gasteiger partial charge on any atom is 0.215 e. The van der Waals surface area contributed by atoms with Crippen molar-refractivity contribution < 1.29 is 14.2 Å². The van der Waals surface area contributed by atoms with Gasteiger partial charge in [-0.2, -0.15) is 0 Å². The van der Waals surface area contributed by atoms with Gasteiger partial charge >= 0.3 is 0 Å². The van der Waals surface area contributed by atoms with E-state index >= 15 is 0 Å². The van der Waals surface area contributed by atoms with Crippen LogP contribution in [0.5, 0.6) is 5.75 Å². The van der Waals surface area contributed by atoms with E-state index in [-0.39, 0.29) is 12.7 Å². The van der Waals surface area contributed by atoms with Crippen LogP contribution in [0.1, 0.15) is 5.56 Å². The first kappa shape index (κ1) is 20.8. The average Bonchev–Trinajstić information content (AvgIpc) is 3.30. The molecule has 4 rings (SSSR count). The molecule has 1 aliphatic rings. The number of nitrogens with zero attached hydrogens (tertiary/aromatic N) is 2. The Hall–Kier alpha value is -1.47. The molecule has 3 aromatic rings. The topological polar surface area (TPSA) is 45.5 Å². The van der Waals surface area contributed by atoms with Gasteiger partial charge in [-0.1, -0.05) is 52.5 Å². The van der Waals surface area contributed by atoms with Crippen molar-refractivity contribution in [3.05, 3.63) is 80.8 Å². The Balaban J connectivity index is 1.55. The van der Waals surface area contributed by atoms with E-state index in [1.54, 1.807) is 42.9 Å². The minimum Gasteiger partial charge on any atom is -0.491 e. The van der Waals surface area contributed by atoms with Crippen molar-refractivity contribution in [2.24, 2.45) is 0 Å². The SMILES string of the molecule is Clc1cc(Cl)cc(OCC2COC(Cn3ccnc3)(c3ccc(Cl)cc3Cl)O2)c1. The lowest BCUT2D eigenvalue weighted by molar-refractivity contribution is -0.189.